The van der Waals surface area contributed by atoms with Gasteiger partial charge in [0.1, 0.15) is 0 Å². The molecule has 1 aromatic carbocycles. The molecular formula is C16H22ClN3O. The number of aryl methyl sites for hydroxylation is 1. The summed E-state index contributed by atoms with van der Waals surface area (Å²) in [5.74, 6) is 0. The van der Waals surface area contributed by atoms with Gasteiger partial charge in [-0.3, -0.25) is 9.13 Å². The van der Waals surface area contributed by atoms with Crippen LogP contribution in [0.25, 0.3) is 11.0 Å². The number of hydrogen-bond acceptors (Lipinski definition) is 2. The van der Waals surface area contributed by atoms with Crippen LogP contribution < -0.4 is 5.69 Å². The zero-order valence-corrected chi connectivity index (χ0v) is 13.4. The summed E-state index contributed by atoms with van der Waals surface area (Å²) in [5, 5.41) is 0.674. The lowest BCUT2D eigenvalue weighted by Crippen LogP contribution is -2.37. The van der Waals surface area contributed by atoms with Crippen molar-refractivity contribution in [2.24, 2.45) is 7.05 Å². The standard InChI is InChI=1S/C16H22ClN3O/c1-3-8-19-9-6-13(7-10-19)20-14-5-4-12(17)11-15(14)18(2)16(20)21/h4-5,11,13H,3,6-10H2,1-2H3. The molecule has 0 radical (unpaired) electrons. The normalized spacial score (nSPS) is 17.7. The van der Waals surface area contributed by atoms with Crippen molar-refractivity contribution in [1.82, 2.24) is 14.0 Å². The minimum absolute atomic E-state index is 0.0706. The highest BCUT2D eigenvalue weighted by molar-refractivity contribution is 6.31. The second-order valence-electron chi connectivity index (χ2n) is 5.92. The number of fused-ring (bicyclic) bond motifs is 1. The van der Waals surface area contributed by atoms with Crippen molar-refractivity contribution in [2.45, 2.75) is 32.2 Å². The van der Waals surface area contributed by atoms with Crippen LogP contribution in [0.5, 0.6) is 0 Å². The molecule has 1 fully saturated rings. The van der Waals surface area contributed by atoms with Crippen molar-refractivity contribution in [2.75, 3.05) is 19.6 Å². The van der Waals surface area contributed by atoms with Gasteiger partial charge in [-0.15, -0.1) is 0 Å². The topological polar surface area (TPSA) is 30.2 Å². The van der Waals surface area contributed by atoms with Crippen LogP contribution in [-0.2, 0) is 7.05 Å². The molecule has 3 rings (SSSR count). The average Bonchev–Trinajstić information content (AvgIpc) is 2.73. The van der Waals surface area contributed by atoms with Crippen molar-refractivity contribution in [1.29, 1.82) is 0 Å². The third-order valence-corrected chi connectivity index (χ3v) is 4.75. The average molecular weight is 308 g/mol. The van der Waals surface area contributed by atoms with Crippen molar-refractivity contribution in [3.8, 4) is 0 Å². The van der Waals surface area contributed by atoms with Crippen molar-refractivity contribution < 1.29 is 0 Å². The Bertz CT molecular complexity index is 695. The van der Waals surface area contributed by atoms with Gasteiger partial charge in [-0.05, 0) is 44.0 Å². The minimum atomic E-state index is 0.0706. The first-order chi connectivity index (χ1) is 10.1. The lowest BCUT2D eigenvalue weighted by molar-refractivity contribution is 0.187. The van der Waals surface area contributed by atoms with Crippen molar-refractivity contribution in [3.63, 3.8) is 0 Å². The molecule has 0 N–H and O–H groups in total. The molecule has 0 saturated carbocycles. The summed E-state index contributed by atoms with van der Waals surface area (Å²) < 4.78 is 3.68. The van der Waals surface area contributed by atoms with Gasteiger partial charge in [-0.25, -0.2) is 4.79 Å². The number of likely N-dealkylation sites (tertiary alicyclic amines) is 1. The Labute approximate surface area is 129 Å². The zero-order chi connectivity index (χ0) is 15.0. The van der Waals surface area contributed by atoms with Crippen LogP contribution in [0, 0.1) is 0 Å². The largest absolute Gasteiger partial charge is 0.329 e. The predicted octanol–water partition coefficient (Wildman–Crippen LogP) is 3.04. The molecule has 1 saturated heterocycles. The van der Waals surface area contributed by atoms with Gasteiger partial charge in [0.15, 0.2) is 0 Å². The van der Waals surface area contributed by atoms with E-state index in [2.05, 4.69) is 11.8 Å². The van der Waals surface area contributed by atoms with Gasteiger partial charge < -0.3 is 4.90 Å². The molecule has 114 valence electrons. The quantitative estimate of drug-likeness (QED) is 0.872. The van der Waals surface area contributed by atoms with Crippen LogP contribution in [0.4, 0.5) is 0 Å². The summed E-state index contributed by atoms with van der Waals surface area (Å²) in [6.45, 7) is 5.53. The number of nitrogens with zero attached hydrogens (tertiary/aromatic N) is 3. The van der Waals surface area contributed by atoms with E-state index in [-0.39, 0.29) is 5.69 Å². The van der Waals surface area contributed by atoms with Crippen LogP contribution in [0.1, 0.15) is 32.2 Å². The summed E-state index contributed by atoms with van der Waals surface area (Å²) in [4.78, 5) is 15.1. The van der Waals surface area contributed by atoms with E-state index in [9.17, 15) is 4.79 Å². The van der Waals surface area contributed by atoms with Gasteiger partial charge >= 0.3 is 5.69 Å². The molecule has 0 atom stereocenters. The molecule has 2 heterocycles. The SMILES string of the molecule is CCCN1CCC(n2c(=O)n(C)c3cc(Cl)ccc32)CC1. The monoisotopic (exact) mass is 307 g/mol. The fourth-order valence-electron chi connectivity index (χ4n) is 3.41. The number of hydrogen-bond donors (Lipinski definition) is 0. The number of rotatable bonds is 3. The first-order valence-corrected chi connectivity index (χ1v) is 8.08. The van der Waals surface area contributed by atoms with Gasteiger partial charge in [-0.2, -0.15) is 0 Å². The Kier molecular flexibility index (Phi) is 4.09. The van der Waals surface area contributed by atoms with Crippen molar-refractivity contribution in [3.05, 3.63) is 33.7 Å². The molecule has 0 amide bonds. The second kappa shape index (κ2) is 5.85. The maximum absolute atomic E-state index is 12.6. The maximum atomic E-state index is 12.6. The molecule has 0 unspecified atom stereocenters. The Balaban J connectivity index is 1.95. The molecule has 2 aromatic rings. The summed E-state index contributed by atoms with van der Waals surface area (Å²) in [5.41, 5.74) is 1.99. The van der Waals surface area contributed by atoms with E-state index >= 15 is 0 Å². The van der Waals surface area contributed by atoms with Gasteiger partial charge in [0.2, 0.25) is 0 Å². The highest BCUT2D eigenvalue weighted by Crippen LogP contribution is 2.26. The summed E-state index contributed by atoms with van der Waals surface area (Å²) in [6, 6.07) is 6.01. The fourth-order valence-corrected chi connectivity index (χ4v) is 3.57. The minimum Gasteiger partial charge on any atom is -0.303 e. The van der Waals surface area contributed by atoms with Crippen LogP contribution in [0.2, 0.25) is 5.02 Å². The van der Waals surface area contributed by atoms with E-state index in [1.54, 1.807) is 4.57 Å². The van der Waals surface area contributed by atoms with E-state index in [1.807, 2.05) is 29.8 Å². The number of aromatic nitrogens is 2. The Morgan fingerprint density at radius 3 is 2.62 bits per heavy atom. The van der Waals surface area contributed by atoms with Crippen LogP contribution >= 0.6 is 11.6 Å². The fraction of sp³-hybridized carbons (Fsp3) is 0.562. The first kappa shape index (κ1) is 14.7. The predicted molar refractivity (Wildman–Crippen MR) is 87.2 cm³/mol. The van der Waals surface area contributed by atoms with Gasteiger partial charge in [0.05, 0.1) is 11.0 Å². The third-order valence-electron chi connectivity index (χ3n) is 4.51. The Morgan fingerprint density at radius 2 is 1.95 bits per heavy atom. The number of piperidine rings is 1. The molecule has 0 bridgehead atoms. The van der Waals surface area contributed by atoms with Crippen molar-refractivity contribution >= 4 is 22.6 Å². The lowest BCUT2D eigenvalue weighted by Gasteiger charge is -2.32. The molecule has 0 aliphatic carbocycles. The highest BCUT2D eigenvalue weighted by Gasteiger charge is 2.24. The number of benzene rings is 1. The van der Waals surface area contributed by atoms with E-state index < -0.39 is 0 Å². The van der Waals surface area contributed by atoms with E-state index in [0.29, 0.717) is 11.1 Å². The Hall–Kier alpha value is -1.26. The maximum Gasteiger partial charge on any atom is 0.329 e. The van der Waals surface area contributed by atoms with Crippen LogP contribution in [0.15, 0.2) is 23.0 Å². The molecule has 1 aliphatic rings. The number of halogens is 1. The molecule has 5 heteroatoms. The third kappa shape index (κ3) is 2.62. The van der Waals surface area contributed by atoms with Crippen LogP contribution in [-0.4, -0.2) is 33.7 Å². The molecule has 4 nitrogen and oxygen atoms in total. The van der Waals surface area contributed by atoms with E-state index in [0.717, 1.165) is 43.5 Å². The molecule has 1 aromatic heterocycles. The first-order valence-electron chi connectivity index (χ1n) is 7.70. The lowest BCUT2D eigenvalue weighted by atomic mass is 10.0. The Morgan fingerprint density at radius 1 is 1.24 bits per heavy atom. The summed E-state index contributed by atoms with van der Waals surface area (Å²) in [7, 11) is 1.82. The summed E-state index contributed by atoms with van der Waals surface area (Å²) in [6.07, 6.45) is 3.28. The van der Waals surface area contributed by atoms with Gasteiger partial charge in [0.25, 0.3) is 0 Å². The van der Waals surface area contributed by atoms with Gasteiger partial charge in [-0.1, -0.05) is 18.5 Å². The highest BCUT2D eigenvalue weighted by atomic mass is 35.5. The van der Waals surface area contributed by atoms with Crippen LogP contribution in [0.3, 0.4) is 0 Å². The number of imidazole rings is 1. The van der Waals surface area contributed by atoms with E-state index in [1.165, 1.54) is 6.42 Å². The molecule has 21 heavy (non-hydrogen) atoms. The smallest absolute Gasteiger partial charge is 0.303 e. The molecular weight excluding hydrogens is 286 g/mol. The summed E-state index contributed by atoms with van der Waals surface area (Å²) >= 11 is 6.06. The zero-order valence-electron chi connectivity index (χ0n) is 12.7. The molecule has 1 aliphatic heterocycles. The second-order valence-corrected chi connectivity index (χ2v) is 6.35. The molecule has 0 spiro atoms. The van der Waals surface area contributed by atoms with E-state index in [4.69, 9.17) is 11.6 Å². The van der Waals surface area contributed by atoms with Gasteiger partial charge in [0, 0.05) is 31.2 Å².